The Bertz CT molecular complexity index is 883. The zero-order valence-electron chi connectivity index (χ0n) is 19.1. The number of hydrogen-bond donors (Lipinski definition) is 1. The van der Waals surface area contributed by atoms with E-state index in [9.17, 15) is 4.79 Å². The maximum atomic E-state index is 13.6. The van der Waals surface area contributed by atoms with E-state index in [4.69, 9.17) is 0 Å². The Morgan fingerprint density at radius 3 is 2.59 bits per heavy atom. The fourth-order valence-corrected chi connectivity index (χ4v) is 5.16. The fourth-order valence-electron chi connectivity index (χ4n) is 4.75. The van der Waals surface area contributed by atoms with Crippen LogP contribution in [0.5, 0.6) is 0 Å². The number of fused-ring (bicyclic) bond motifs is 1. The molecule has 0 aliphatic carbocycles. The van der Waals surface area contributed by atoms with Crippen LogP contribution in [0.4, 0.5) is 5.69 Å². The predicted molar refractivity (Wildman–Crippen MR) is 135 cm³/mol. The molecule has 2 aliphatic rings. The summed E-state index contributed by atoms with van der Waals surface area (Å²) in [6, 6.07) is 17.0. The van der Waals surface area contributed by atoms with Crippen molar-refractivity contribution in [1.82, 2.24) is 14.7 Å². The van der Waals surface area contributed by atoms with Crippen molar-refractivity contribution in [2.24, 2.45) is 5.92 Å². The van der Waals surface area contributed by atoms with E-state index in [-0.39, 0.29) is 5.92 Å². The van der Waals surface area contributed by atoms with Crippen LogP contribution in [0.2, 0.25) is 0 Å². The minimum Gasteiger partial charge on any atom is -0.385 e. The zero-order valence-corrected chi connectivity index (χ0v) is 20.7. The third kappa shape index (κ3) is 6.33. The molecule has 0 aromatic heterocycles. The Kier molecular flexibility index (Phi) is 8.22. The van der Waals surface area contributed by atoms with Crippen molar-refractivity contribution in [1.29, 1.82) is 0 Å². The SMILES string of the molecule is CN1CCC(C(=O)N2CCN(Cc3ccccc3)CCCNc3ccc(Br)cc3C2)CC1. The van der Waals surface area contributed by atoms with Crippen LogP contribution < -0.4 is 5.32 Å². The van der Waals surface area contributed by atoms with Gasteiger partial charge in [0.15, 0.2) is 0 Å². The van der Waals surface area contributed by atoms with Crippen LogP contribution >= 0.6 is 15.9 Å². The lowest BCUT2D eigenvalue weighted by Crippen LogP contribution is -2.44. The first-order valence-electron chi connectivity index (χ1n) is 11.8. The van der Waals surface area contributed by atoms with Crippen molar-refractivity contribution < 1.29 is 4.79 Å². The summed E-state index contributed by atoms with van der Waals surface area (Å²) in [6.07, 6.45) is 3.00. The molecule has 0 radical (unpaired) electrons. The van der Waals surface area contributed by atoms with E-state index in [1.54, 1.807) is 0 Å². The lowest BCUT2D eigenvalue weighted by molar-refractivity contribution is -0.137. The first-order chi connectivity index (χ1) is 15.6. The highest BCUT2D eigenvalue weighted by Gasteiger charge is 2.28. The highest BCUT2D eigenvalue weighted by molar-refractivity contribution is 9.10. The lowest BCUT2D eigenvalue weighted by Gasteiger charge is -2.34. The maximum absolute atomic E-state index is 13.6. The molecule has 0 saturated carbocycles. The number of amides is 1. The number of benzene rings is 2. The van der Waals surface area contributed by atoms with Gasteiger partial charge in [-0.2, -0.15) is 0 Å². The highest BCUT2D eigenvalue weighted by Crippen LogP contribution is 2.26. The van der Waals surface area contributed by atoms with E-state index in [1.165, 1.54) is 11.1 Å². The summed E-state index contributed by atoms with van der Waals surface area (Å²) in [6.45, 7) is 7.22. The Morgan fingerprint density at radius 2 is 1.81 bits per heavy atom. The summed E-state index contributed by atoms with van der Waals surface area (Å²) < 4.78 is 1.06. The topological polar surface area (TPSA) is 38.8 Å². The molecule has 4 rings (SSSR count). The summed E-state index contributed by atoms with van der Waals surface area (Å²) in [5, 5.41) is 3.62. The standard InChI is InChI=1S/C26H35BrN4O/c1-29-14-10-22(11-15-29)26(32)31-17-16-30(19-21-6-3-2-4-7-21)13-5-12-28-25-9-8-24(27)18-23(25)20-31/h2-4,6-9,18,22,28H,5,10-17,19-20H2,1H3. The van der Waals surface area contributed by atoms with Gasteiger partial charge in [0, 0.05) is 55.3 Å². The van der Waals surface area contributed by atoms with Crippen LogP contribution in [0.1, 0.15) is 30.4 Å². The molecule has 1 fully saturated rings. The van der Waals surface area contributed by atoms with Crippen molar-refractivity contribution in [2.45, 2.75) is 32.4 Å². The molecule has 1 amide bonds. The normalized spacial score (nSPS) is 19.6. The Morgan fingerprint density at radius 1 is 1.03 bits per heavy atom. The molecule has 0 bridgehead atoms. The minimum absolute atomic E-state index is 0.141. The number of likely N-dealkylation sites (tertiary alicyclic amines) is 1. The molecule has 6 heteroatoms. The van der Waals surface area contributed by atoms with E-state index in [2.05, 4.69) is 91.5 Å². The van der Waals surface area contributed by atoms with Gasteiger partial charge in [0.1, 0.15) is 0 Å². The van der Waals surface area contributed by atoms with Crippen LogP contribution in [0.15, 0.2) is 53.0 Å². The fraction of sp³-hybridized carbons (Fsp3) is 0.500. The highest BCUT2D eigenvalue weighted by atomic mass is 79.9. The van der Waals surface area contributed by atoms with Crippen molar-refractivity contribution in [3.63, 3.8) is 0 Å². The molecule has 172 valence electrons. The van der Waals surface area contributed by atoms with Gasteiger partial charge >= 0.3 is 0 Å². The number of nitrogens with one attached hydrogen (secondary N) is 1. The lowest BCUT2D eigenvalue weighted by atomic mass is 9.95. The number of carbonyl (C=O) groups excluding carboxylic acids is 1. The number of nitrogens with zero attached hydrogens (tertiary/aromatic N) is 3. The molecule has 0 unspecified atom stereocenters. The van der Waals surface area contributed by atoms with Crippen LogP contribution in [0, 0.1) is 5.92 Å². The van der Waals surface area contributed by atoms with Crippen LogP contribution in [0.3, 0.4) is 0 Å². The summed E-state index contributed by atoms with van der Waals surface area (Å²) in [5.41, 5.74) is 3.67. The van der Waals surface area contributed by atoms with Crippen molar-refractivity contribution in [3.8, 4) is 0 Å². The summed E-state index contributed by atoms with van der Waals surface area (Å²) in [4.78, 5) is 20.6. The van der Waals surface area contributed by atoms with Crippen LogP contribution in [0.25, 0.3) is 0 Å². The largest absolute Gasteiger partial charge is 0.385 e. The number of piperidine rings is 1. The van der Waals surface area contributed by atoms with Gasteiger partial charge in [-0.3, -0.25) is 9.69 Å². The first-order valence-corrected chi connectivity index (χ1v) is 12.6. The van der Waals surface area contributed by atoms with E-state index >= 15 is 0 Å². The number of halogens is 1. The number of carbonyl (C=O) groups is 1. The van der Waals surface area contributed by atoms with Gasteiger partial charge in [0.05, 0.1) is 0 Å². The maximum Gasteiger partial charge on any atom is 0.226 e. The summed E-state index contributed by atoms with van der Waals surface area (Å²) >= 11 is 3.63. The van der Waals surface area contributed by atoms with E-state index in [0.29, 0.717) is 12.5 Å². The number of anilines is 1. The van der Waals surface area contributed by atoms with Gasteiger partial charge in [-0.1, -0.05) is 46.3 Å². The monoisotopic (exact) mass is 498 g/mol. The molecule has 2 aliphatic heterocycles. The molecular formula is C26H35BrN4O. The molecule has 2 heterocycles. The summed E-state index contributed by atoms with van der Waals surface area (Å²) in [7, 11) is 2.15. The Labute approximate surface area is 200 Å². The van der Waals surface area contributed by atoms with Gasteiger partial charge in [-0.25, -0.2) is 0 Å². The second-order valence-corrected chi connectivity index (χ2v) is 10.1. The van der Waals surface area contributed by atoms with Gasteiger partial charge in [-0.05, 0) is 68.7 Å². The second-order valence-electron chi connectivity index (χ2n) is 9.18. The predicted octanol–water partition coefficient (Wildman–Crippen LogP) is 4.44. The van der Waals surface area contributed by atoms with Gasteiger partial charge in [-0.15, -0.1) is 0 Å². The average Bonchev–Trinajstić information content (AvgIpc) is 2.84. The third-order valence-electron chi connectivity index (χ3n) is 6.71. The van der Waals surface area contributed by atoms with E-state index in [1.807, 2.05) is 0 Å². The molecular weight excluding hydrogens is 464 g/mol. The third-order valence-corrected chi connectivity index (χ3v) is 7.20. The average molecular weight is 499 g/mol. The zero-order chi connectivity index (χ0) is 22.3. The van der Waals surface area contributed by atoms with Crippen molar-refractivity contribution in [3.05, 3.63) is 64.1 Å². The molecule has 0 atom stereocenters. The summed E-state index contributed by atoms with van der Waals surface area (Å²) in [5.74, 6) is 0.463. The van der Waals surface area contributed by atoms with Crippen LogP contribution in [-0.2, 0) is 17.9 Å². The van der Waals surface area contributed by atoms with Gasteiger partial charge in [0.25, 0.3) is 0 Å². The molecule has 1 N–H and O–H groups in total. The molecule has 5 nitrogen and oxygen atoms in total. The molecule has 1 saturated heterocycles. The van der Waals surface area contributed by atoms with E-state index in [0.717, 1.165) is 75.2 Å². The van der Waals surface area contributed by atoms with Crippen molar-refractivity contribution >= 4 is 27.5 Å². The van der Waals surface area contributed by atoms with Gasteiger partial charge in [0.2, 0.25) is 5.91 Å². The van der Waals surface area contributed by atoms with Crippen molar-refractivity contribution in [2.75, 3.05) is 51.6 Å². The smallest absolute Gasteiger partial charge is 0.226 e. The first kappa shape index (κ1) is 23.3. The number of hydrogen-bond acceptors (Lipinski definition) is 4. The van der Waals surface area contributed by atoms with Crippen LogP contribution in [-0.4, -0.2) is 66.9 Å². The quantitative estimate of drug-likeness (QED) is 0.678. The minimum atomic E-state index is 0.141. The Balaban J connectivity index is 1.53. The second kappa shape index (κ2) is 11.3. The van der Waals surface area contributed by atoms with Gasteiger partial charge < -0.3 is 15.1 Å². The van der Waals surface area contributed by atoms with E-state index < -0.39 is 0 Å². The Hall–Kier alpha value is -1.89. The number of rotatable bonds is 3. The molecule has 0 spiro atoms. The molecule has 2 aromatic rings. The molecule has 2 aromatic carbocycles. The molecule has 32 heavy (non-hydrogen) atoms.